The van der Waals surface area contributed by atoms with Gasteiger partial charge >= 0.3 is 17.9 Å². The second-order valence-corrected chi connectivity index (χ2v) is 12.9. The molecule has 0 aromatic heterocycles. The first-order chi connectivity index (χ1) is 18.8. The summed E-state index contributed by atoms with van der Waals surface area (Å²) in [6.45, 7) is 11.0. The molecule has 0 radical (unpaired) electrons. The molecule has 1 spiro atoms. The summed E-state index contributed by atoms with van der Waals surface area (Å²) in [5, 5.41) is 0. The lowest BCUT2D eigenvalue weighted by Crippen LogP contribution is -2.58. The Kier molecular flexibility index (Phi) is 7.22. The molecule has 3 aliphatic carbocycles. The highest BCUT2D eigenvalue weighted by Gasteiger charge is 2.71. The summed E-state index contributed by atoms with van der Waals surface area (Å²) in [5.74, 6) is -2.72. The molecule has 5 rings (SSSR count). The zero-order valence-electron chi connectivity index (χ0n) is 24.2. The monoisotopic (exact) mass is 552 g/mol. The number of fused-ring (bicyclic) bond motifs is 2. The molecule has 1 aromatic rings. The van der Waals surface area contributed by atoms with Gasteiger partial charge < -0.3 is 18.9 Å². The zero-order valence-corrected chi connectivity index (χ0v) is 24.2. The molecular formula is C32H40O8. The molecule has 8 atom stereocenters. The van der Waals surface area contributed by atoms with Gasteiger partial charge in [-0.1, -0.05) is 57.2 Å². The summed E-state index contributed by atoms with van der Waals surface area (Å²) >= 11 is 0. The van der Waals surface area contributed by atoms with Crippen LogP contribution < -0.4 is 0 Å². The van der Waals surface area contributed by atoms with E-state index < -0.39 is 47.2 Å². The minimum absolute atomic E-state index is 0.0141. The van der Waals surface area contributed by atoms with Gasteiger partial charge in [-0.05, 0) is 54.1 Å². The van der Waals surface area contributed by atoms with Gasteiger partial charge in [-0.3, -0.25) is 19.2 Å². The van der Waals surface area contributed by atoms with Crippen LogP contribution in [0, 0.1) is 29.1 Å². The van der Waals surface area contributed by atoms with Crippen LogP contribution in [0.2, 0.25) is 0 Å². The van der Waals surface area contributed by atoms with Crippen LogP contribution in [0.5, 0.6) is 0 Å². The first-order valence-corrected chi connectivity index (χ1v) is 14.3. The van der Waals surface area contributed by atoms with E-state index in [-0.39, 0.29) is 35.9 Å². The van der Waals surface area contributed by atoms with Crippen molar-refractivity contribution in [1.82, 2.24) is 0 Å². The molecule has 4 aliphatic rings. The van der Waals surface area contributed by atoms with Crippen molar-refractivity contribution in [1.29, 1.82) is 0 Å². The molecule has 1 heterocycles. The van der Waals surface area contributed by atoms with Crippen LogP contribution >= 0.6 is 0 Å². The molecule has 0 bridgehead atoms. The molecule has 3 fully saturated rings. The topological polar surface area (TPSA) is 108 Å². The fourth-order valence-electron chi connectivity index (χ4n) is 7.55. The van der Waals surface area contributed by atoms with Crippen molar-refractivity contribution in [3.63, 3.8) is 0 Å². The van der Waals surface area contributed by atoms with E-state index in [9.17, 15) is 19.2 Å². The maximum absolute atomic E-state index is 14.5. The zero-order chi connectivity index (χ0) is 29.0. The van der Waals surface area contributed by atoms with Gasteiger partial charge in [0.1, 0.15) is 17.8 Å². The molecule has 216 valence electrons. The average molecular weight is 553 g/mol. The molecule has 2 saturated carbocycles. The van der Waals surface area contributed by atoms with Crippen molar-refractivity contribution in [2.75, 3.05) is 6.61 Å². The van der Waals surface area contributed by atoms with E-state index >= 15 is 0 Å². The van der Waals surface area contributed by atoms with Crippen LogP contribution in [0.4, 0.5) is 0 Å². The van der Waals surface area contributed by atoms with E-state index in [1.165, 1.54) is 13.8 Å². The Labute approximate surface area is 235 Å². The molecule has 0 N–H and O–H groups in total. The van der Waals surface area contributed by atoms with Crippen molar-refractivity contribution in [3.8, 4) is 0 Å². The third-order valence-electron chi connectivity index (χ3n) is 9.71. The molecule has 1 aliphatic heterocycles. The number of allylic oxidation sites excluding steroid dienone is 1. The molecule has 0 unspecified atom stereocenters. The van der Waals surface area contributed by atoms with E-state index in [2.05, 4.69) is 13.8 Å². The predicted octanol–water partition coefficient (Wildman–Crippen LogP) is 4.38. The summed E-state index contributed by atoms with van der Waals surface area (Å²) in [5.41, 5.74) is -1.22. The van der Waals surface area contributed by atoms with Gasteiger partial charge in [0.05, 0.1) is 18.9 Å². The number of benzene rings is 1. The number of epoxide rings is 1. The first kappa shape index (κ1) is 28.5. The Morgan fingerprint density at radius 2 is 1.73 bits per heavy atom. The summed E-state index contributed by atoms with van der Waals surface area (Å²) in [6, 6.07) is 9.25. The Morgan fingerprint density at radius 3 is 2.33 bits per heavy atom. The molecule has 1 saturated heterocycles. The van der Waals surface area contributed by atoms with Gasteiger partial charge in [0.2, 0.25) is 5.78 Å². The van der Waals surface area contributed by atoms with Crippen LogP contribution in [-0.2, 0) is 44.5 Å². The largest absolute Gasteiger partial charge is 0.461 e. The molecule has 0 amide bonds. The first-order valence-electron chi connectivity index (χ1n) is 14.3. The third-order valence-corrected chi connectivity index (χ3v) is 9.71. The van der Waals surface area contributed by atoms with Crippen LogP contribution in [0.1, 0.15) is 66.4 Å². The highest BCUT2D eigenvalue weighted by Crippen LogP contribution is 2.64. The summed E-state index contributed by atoms with van der Waals surface area (Å²) < 4.78 is 24.2. The van der Waals surface area contributed by atoms with E-state index in [4.69, 9.17) is 18.9 Å². The quantitative estimate of drug-likeness (QED) is 0.301. The normalized spacial score (nSPS) is 39.0. The maximum Gasteiger partial charge on any atom is 0.310 e. The molecular weight excluding hydrogens is 512 g/mol. The molecule has 1 aromatic carbocycles. The third kappa shape index (κ3) is 5.00. The minimum atomic E-state index is -1.68. The Hall–Kier alpha value is -3.00. The summed E-state index contributed by atoms with van der Waals surface area (Å²) in [6.07, 6.45) is 1.85. The van der Waals surface area contributed by atoms with Gasteiger partial charge in [0.15, 0.2) is 5.60 Å². The number of esters is 3. The van der Waals surface area contributed by atoms with Crippen molar-refractivity contribution in [2.45, 2.75) is 90.6 Å². The number of Topliss-reactive ketones (excluding diaryl/α,β-unsaturated/α-hetero) is 1. The van der Waals surface area contributed by atoms with E-state index in [1.807, 2.05) is 43.3 Å². The predicted molar refractivity (Wildman–Crippen MR) is 145 cm³/mol. The Balaban J connectivity index is 1.61. The van der Waals surface area contributed by atoms with Crippen molar-refractivity contribution in [2.24, 2.45) is 29.1 Å². The fraction of sp³-hybridized carbons (Fsp3) is 0.625. The average Bonchev–Trinajstić information content (AvgIpc) is 3.73. The highest BCUT2D eigenvalue weighted by atomic mass is 16.6. The van der Waals surface area contributed by atoms with E-state index in [0.717, 1.165) is 12.0 Å². The van der Waals surface area contributed by atoms with Crippen LogP contribution in [0.25, 0.3) is 0 Å². The summed E-state index contributed by atoms with van der Waals surface area (Å²) in [4.78, 5) is 52.9. The maximum atomic E-state index is 14.5. The van der Waals surface area contributed by atoms with Crippen molar-refractivity contribution < 1.29 is 38.1 Å². The second kappa shape index (κ2) is 10.1. The summed E-state index contributed by atoms with van der Waals surface area (Å²) in [7, 11) is 0. The standard InChI is InChI=1S/C32H40O8/c1-18-14-24-23(30(24,5)6)12-13-31(17-37-31)29(38-20(3)33)26-27(39-25(35)15-22-10-8-7-9-11-22)19(2)16-32(26,28(18)36)40-21(4)34/h7-11,14,19,23-24,26-27,29H,12-13,15-17H2,1-6H3/b18-14+/t19-,23-,24-,26+,27-,29-,31+,32-/m1/s1. The number of hydrogen-bond acceptors (Lipinski definition) is 8. The Bertz CT molecular complexity index is 1230. The van der Waals surface area contributed by atoms with Gasteiger partial charge in [0.25, 0.3) is 0 Å². The van der Waals surface area contributed by atoms with Crippen LogP contribution in [0.3, 0.4) is 0 Å². The minimum Gasteiger partial charge on any atom is -0.461 e. The Morgan fingerprint density at radius 1 is 1.05 bits per heavy atom. The van der Waals surface area contributed by atoms with Gasteiger partial charge in [-0.25, -0.2) is 0 Å². The number of carbonyl (C=O) groups is 4. The van der Waals surface area contributed by atoms with Crippen LogP contribution in [-0.4, -0.2) is 53.7 Å². The number of hydrogen-bond donors (Lipinski definition) is 0. The lowest BCUT2D eigenvalue weighted by Gasteiger charge is -2.41. The number of ether oxygens (including phenoxy) is 4. The van der Waals surface area contributed by atoms with Crippen molar-refractivity contribution in [3.05, 3.63) is 47.5 Å². The SMILES string of the molecule is CC(=O)O[C@@H]1[C@@H]2[C@H](OC(=O)Cc3ccccc3)[C@H](C)C[C@]2(OC(C)=O)C(=O)/C(C)=C/[C@@H]2[C@@H](CC[C@]13CO3)C2(C)C. The number of ketones is 1. The van der Waals surface area contributed by atoms with Gasteiger partial charge in [-0.15, -0.1) is 0 Å². The van der Waals surface area contributed by atoms with E-state index in [0.29, 0.717) is 24.5 Å². The number of carbonyl (C=O) groups excluding carboxylic acids is 4. The number of rotatable bonds is 5. The van der Waals surface area contributed by atoms with Crippen molar-refractivity contribution >= 4 is 23.7 Å². The van der Waals surface area contributed by atoms with Gasteiger partial charge in [0, 0.05) is 20.3 Å². The molecule has 40 heavy (non-hydrogen) atoms. The molecule has 8 heteroatoms. The van der Waals surface area contributed by atoms with Crippen LogP contribution in [0.15, 0.2) is 42.0 Å². The van der Waals surface area contributed by atoms with Gasteiger partial charge in [-0.2, -0.15) is 0 Å². The second-order valence-electron chi connectivity index (χ2n) is 12.9. The van der Waals surface area contributed by atoms with E-state index in [1.54, 1.807) is 6.92 Å². The highest BCUT2D eigenvalue weighted by molar-refractivity contribution is 6.03. The molecule has 8 nitrogen and oxygen atoms in total. The smallest absolute Gasteiger partial charge is 0.310 e. The fourth-order valence-corrected chi connectivity index (χ4v) is 7.55. The lowest BCUT2D eigenvalue weighted by atomic mass is 9.74. The lowest BCUT2D eigenvalue weighted by molar-refractivity contribution is -0.190.